The highest BCUT2D eigenvalue weighted by atomic mass is 16.5. The van der Waals surface area contributed by atoms with Crippen molar-refractivity contribution in [3.05, 3.63) is 0 Å². The van der Waals surface area contributed by atoms with Crippen molar-refractivity contribution in [1.82, 2.24) is 0 Å². The topological polar surface area (TPSA) is 49.7 Å². The van der Waals surface area contributed by atoms with Crippen molar-refractivity contribution in [2.24, 2.45) is 5.41 Å². The van der Waals surface area contributed by atoms with Crippen LogP contribution in [0.2, 0.25) is 0 Å². The molecule has 0 aromatic carbocycles. The molecule has 0 atom stereocenters. The van der Waals surface area contributed by atoms with Crippen LogP contribution in [0.15, 0.2) is 0 Å². The quantitative estimate of drug-likeness (QED) is 0.702. The van der Waals surface area contributed by atoms with Crippen LogP contribution in [0.3, 0.4) is 0 Å². The molecule has 1 fully saturated rings. The number of ether oxygens (including phenoxy) is 1. The van der Waals surface area contributed by atoms with Crippen LogP contribution < -0.4 is 0 Å². The summed E-state index contributed by atoms with van der Waals surface area (Å²) in [6.45, 7) is 7.28. The normalized spacial score (nSPS) is 16.4. The van der Waals surface area contributed by atoms with E-state index in [1.807, 2.05) is 0 Å². The molecular formula is C10H22O3. The first-order chi connectivity index (χ1) is 5.99. The molecule has 3 heteroatoms. The van der Waals surface area contributed by atoms with Crippen LogP contribution in [0.4, 0.5) is 0 Å². The summed E-state index contributed by atoms with van der Waals surface area (Å²) in [7, 11) is 0. The third kappa shape index (κ3) is 11.9. The van der Waals surface area contributed by atoms with Gasteiger partial charge in [0.2, 0.25) is 0 Å². The van der Waals surface area contributed by atoms with Crippen LogP contribution in [0.5, 0.6) is 0 Å². The lowest BCUT2D eigenvalue weighted by atomic mass is 9.99. The van der Waals surface area contributed by atoms with E-state index in [4.69, 9.17) is 14.9 Å². The Kier molecular flexibility index (Phi) is 6.29. The van der Waals surface area contributed by atoms with Crippen molar-refractivity contribution in [3.63, 3.8) is 0 Å². The van der Waals surface area contributed by atoms with Gasteiger partial charge < -0.3 is 14.9 Å². The molecule has 1 aliphatic rings. The summed E-state index contributed by atoms with van der Waals surface area (Å²) >= 11 is 0. The molecule has 0 heterocycles. The van der Waals surface area contributed by atoms with E-state index in [1.165, 1.54) is 12.8 Å². The van der Waals surface area contributed by atoms with E-state index in [-0.39, 0.29) is 13.2 Å². The fraction of sp³-hybridized carbons (Fsp3) is 1.00. The zero-order chi connectivity index (χ0) is 10.3. The van der Waals surface area contributed by atoms with E-state index in [0.29, 0.717) is 11.5 Å². The predicted octanol–water partition coefficient (Wildman–Crippen LogP) is 1.18. The van der Waals surface area contributed by atoms with E-state index < -0.39 is 0 Å². The molecule has 1 rings (SSSR count). The molecule has 13 heavy (non-hydrogen) atoms. The third-order valence-corrected chi connectivity index (χ3v) is 1.38. The van der Waals surface area contributed by atoms with Crippen molar-refractivity contribution in [1.29, 1.82) is 0 Å². The standard InChI is InChI=1S/C8H16O.C2H6O2/c1-8(2,3)6-9-7-4-5-7;3-1-2-4/h7H,4-6H2,1-3H3;3-4H,1-2H2. The molecular weight excluding hydrogens is 168 g/mol. The predicted molar refractivity (Wildman–Crippen MR) is 52.6 cm³/mol. The van der Waals surface area contributed by atoms with Crippen LogP contribution in [-0.2, 0) is 4.74 Å². The number of hydrogen-bond donors (Lipinski definition) is 2. The van der Waals surface area contributed by atoms with Gasteiger partial charge in [0.15, 0.2) is 0 Å². The van der Waals surface area contributed by atoms with Gasteiger partial charge in [-0.1, -0.05) is 20.8 Å². The molecule has 2 N–H and O–H groups in total. The molecule has 0 aromatic rings. The first-order valence-electron chi connectivity index (χ1n) is 4.83. The van der Waals surface area contributed by atoms with Gasteiger partial charge >= 0.3 is 0 Å². The van der Waals surface area contributed by atoms with E-state index in [1.54, 1.807) is 0 Å². The van der Waals surface area contributed by atoms with Gasteiger partial charge in [-0.3, -0.25) is 0 Å². The van der Waals surface area contributed by atoms with Gasteiger partial charge in [0.25, 0.3) is 0 Å². The summed E-state index contributed by atoms with van der Waals surface area (Å²) in [5, 5.41) is 15.2. The summed E-state index contributed by atoms with van der Waals surface area (Å²) in [5.41, 5.74) is 0.350. The zero-order valence-corrected chi connectivity index (χ0v) is 8.92. The fourth-order valence-corrected chi connectivity index (χ4v) is 0.603. The Labute approximate surface area is 80.7 Å². The molecule has 3 nitrogen and oxygen atoms in total. The van der Waals surface area contributed by atoms with Gasteiger partial charge in [0.05, 0.1) is 25.9 Å². The highest BCUT2D eigenvalue weighted by molar-refractivity contribution is 4.74. The monoisotopic (exact) mass is 190 g/mol. The number of rotatable bonds is 3. The number of aliphatic hydroxyl groups is 2. The summed E-state index contributed by atoms with van der Waals surface area (Å²) < 4.78 is 5.52. The van der Waals surface area contributed by atoms with Crippen molar-refractivity contribution in [2.45, 2.75) is 39.7 Å². The average molecular weight is 190 g/mol. The van der Waals surface area contributed by atoms with E-state index in [9.17, 15) is 0 Å². The lowest BCUT2D eigenvalue weighted by Crippen LogP contribution is -2.15. The van der Waals surface area contributed by atoms with Crippen LogP contribution in [0, 0.1) is 5.41 Å². The molecule has 1 aliphatic carbocycles. The Morgan fingerprint density at radius 2 is 1.62 bits per heavy atom. The Morgan fingerprint density at radius 1 is 1.15 bits per heavy atom. The van der Waals surface area contributed by atoms with Crippen LogP contribution >= 0.6 is 0 Å². The molecule has 0 radical (unpaired) electrons. The van der Waals surface area contributed by atoms with Gasteiger partial charge in [0, 0.05) is 0 Å². The highest BCUT2D eigenvalue weighted by Gasteiger charge is 2.24. The summed E-state index contributed by atoms with van der Waals surface area (Å²) in [6.07, 6.45) is 3.19. The first kappa shape index (κ1) is 12.9. The van der Waals surface area contributed by atoms with E-state index >= 15 is 0 Å². The Bertz CT molecular complexity index is 112. The second-order valence-corrected chi connectivity index (χ2v) is 4.52. The SMILES string of the molecule is CC(C)(C)COC1CC1.OCCO. The minimum Gasteiger partial charge on any atom is -0.394 e. The maximum atomic E-state index is 7.62. The smallest absolute Gasteiger partial charge is 0.0662 e. The molecule has 0 spiro atoms. The lowest BCUT2D eigenvalue weighted by Gasteiger charge is -2.17. The molecule has 0 bridgehead atoms. The van der Waals surface area contributed by atoms with E-state index in [2.05, 4.69) is 20.8 Å². The van der Waals surface area contributed by atoms with Crippen molar-refractivity contribution < 1.29 is 14.9 Å². The van der Waals surface area contributed by atoms with Crippen molar-refractivity contribution in [3.8, 4) is 0 Å². The average Bonchev–Trinajstić information content (AvgIpc) is 2.83. The zero-order valence-electron chi connectivity index (χ0n) is 8.92. The minimum absolute atomic E-state index is 0.125. The Hall–Kier alpha value is -0.120. The van der Waals surface area contributed by atoms with Gasteiger partial charge in [-0.05, 0) is 18.3 Å². The first-order valence-corrected chi connectivity index (χ1v) is 4.83. The molecule has 1 saturated carbocycles. The molecule has 80 valence electrons. The Morgan fingerprint density at radius 3 is 1.85 bits per heavy atom. The van der Waals surface area contributed by atoms with Crippen LogP contribution in [0.25, 0.3) is 0 Å². The summed E-state index contributed by atoms with van der Waals surface area (Å²) in [6, 6.07) is 0. The van der Waals surface area contributed by atoms with Gasteiger partial charge in [-0.25, -0.2) is 0 Å². The summed E-state index contributed by atoms with van der Waals surface area (Å²) in [4.78, 5) is 0. The van der Waals surface area contributed by atoms with Crippen LogP contribution in [-0.4, -0.2) is 36.1 Å². The van der Waals surface area contributed by atoms with Crippen LogP contribution in [0.1, 0.15) is 33.6 Å². The van der Waals surface area contributed by atoms with E-state index in [0.717, 1.165) is 6.61 Å². The summed E-state index contributed by atoms with van der Waals surface area (Å²) in [5.74, 6) is 0. The highest BCUT2D eigenvalue weighted by Crippen LogP contribution is 2.26. The van der Waals surface area contributed by atoms with Crippen molar-refractivity contribution >= 4 is 0 Å². The maximum Gasteiger partial charge on any atom is 0.0662 e. The van der Waals surface area contributed by atoms with Gasteiger partial charge in [-0.2, -0.15) is 0 Å². The minimum atomic E-state index is -0.125. The number of hydrogen-bond acceptors (Lipinski definition) is 3. The third-order valence-electron chi connectivity index (χ3n) is 1.38. The second-order valence-electron chi connectivity index (χ2n) is 4.52. The second kappa shape index (κ2) is 6.35. The van der Waals surface area contributed by atoms with Gasteiger partial charge in [-0.15, -0.1) is 0 Å². The number of aliphatic hydroxyl groups excluding tert-OH is 2. The Balaban J connectivity index is 0.000000310. The van der Waals surface area contributed by atoms with Gasteiger partial charge in [0.1, 0.15) is 0 Å². The fourth-order valence-electron chi connectivity index (χ4n) is 0.603. The lowest BCUT2D eigenvalue weighted by molar-refractivity contribution is 0.0592. The molecule has 0 saturated heterocycles. The molecule has 0 aliphatic heterocycles. The molecule has 0 unspecified atom stereocenters. The van der Waals surface area contributed by atoms with Crippen molar-refractivity contribution in [2.75, 3.05) is 19.8 Å². The largest absolute Gasteiger partial charge is 0.394 e. The molecule has 0 amide bonds. The maximum absolute atomic E-state index is 7.62. The molecule has 0 aromatic heterocycles.